The first-order chi connectivity index (χ1) is 9.52. The van der Waals surface area contributed by atoms with Crippen LogP contribution < -0.4 is 5.73 Å². The number of hydrogen-bond donors (Lipinski definition) is 2. The summed E-state index contributed by atoms with van der Waals surface area (Å²) in [7, 11) is 0. The van der Waals surface area contributed by atoms with Crippen LogP contribution in [0.15, 0.2) is 46.9 Å². The highest BCUT2D eigenvalue weighted by atomic mass is 79.9. The van der Waals surface area contributed by atoms with Crippen molar-refractivity contribution >= 4 is 39.1 Å². The van der Waals surface area contributed by atoms with E-state index in [1.165, 1.54) is 0 Å². The van der Waals surface area contributed by atoms with Crippen molar-refractivity contribution in [1.29, 1.82) is 0 Å². The van der Waals surface area contributed by atoms with E-state index >= 15 is 0 Å². The minimum absolute atomic E-state index is 0.204. The molecule has 5 heteroatoms. The molecule has 0 saturated heterocycles. The SMILES string of the molecule is NCC(c1ccc(Cl)cc1)C(O)c1ccc(Cl)cc1Br. The summed E-state index contributed by atoms with van der Waals surface area (Å²) in [4.78, 5) is 0. The number of halogens is 3. The van der Waals surface area contributed by atoms with Crippen LogP contribution in [0, 0.1) is 0 Å². The van der Waals surface area contributed by atoms with Crippen molar-refractivity contribution < 1.29 is 5.11 Å². The number of benzene rings is 2. The third-order valence-corrected chi connectivity index (χ3v) is 4.39. The molecular weight excluding hydrogens is 361 g/mol. The fraction of sp³-hybridized carbons (Fsp3) is 0.200. The summed E-state index contributed by atoms with van der Waals surface area (Å²) >= 11 is 15.2. The predicted molar refractivity (Wildman–Crippen MR) is 87.4 cm³/mol. The quantitative estimate of drug-likeness (QED) is 0.825. The molecule has 0 radical (unpaired) electrons. The Morgan fingerprint density at radius 2 is 1.65 bits per heavy atom. The van der Waals surface area contributed by atoms with Crippen molar-refractivity contribution in [3.05, 3.63) is 68.1 Å². The van der Waals surface area contributed by atoms with Crippen molar-refractivity contribution in [3.63, 3.8) is 0 Å². The smallest absolute Gasteiger partial charge is 0.0881 e. The Hall–Kier alpha value is -0.580. The molecule has 0 bridgehead atoms. The molecule has 2 aromatic carbocycles. The lowest BCUT2D eigenvalue weighted by molar-refractivity contribution is 0.146. The van der Waals surface area contributed by atoms with Gasteiger partial charge in [0.05, 0.1) is 6.10 Å². The lowest BCUT2D eigenvalue weighted by Gasteiger charge is -2.23. The van der Waals surface area contributed by atoms with E-state index in [2.05, 4.69) is 15.9 Å². The van der Waals surface area contributed by atoms with Crippen LogP contribution in [-0.2, 0) is 0 Å². The zero-order chi connectivity index (χ0) is 14.7. The molecule has 0 amide bonds. The van der Waals surface area contributed by atoms with Crippen molar-refractivity contribution in [2.45, 2.75) is 12.0 Å². The third-order valence-electron chi connectivity index (χ3n) is 3.21. The van der Waals surface area contributed by atoms with E-state index in [9.17, 15) is 5.11 Å². The molecule has 0 spiro atoms. The molecule has 0 fully saturated rings. The first-order valence-electron chi connectivity index (χ1n) is 6.11. The van der Waals surface area contributed by atoms with Gasteiger partial charge in [0.1, 0.15) is 0 Å². The van der Waals surface area contributed by atoms with E-state index < -0.39 is 6.10 Å². The monoisotopic (exact) mass is 373 g/mol. The van der Waals surface area contributed by atoms with Crippen LogP contribution in [0.1, 0.15) is 23.1 Å². The first-order valence-corrected chi connectivity index (χ1v) is 7.66. The van der Waals surface area contributed by atoms with Gasteiger partial charge in [-0.25, -0.2) is 0 Å². The first kappa shape index (κ1) is 15.8. The lowest BCUT2D eigenvalue weighted by Crippen LogP contribution is -2.20. The van der Waals surface area contributed by atoms with Crippen LogP contribution in [-0.4, -0.2) is 11.7 Å². The van der Waals surface area contributed by atoms with Crippen LogP contribution in [0.4, 0.5) is 0 Å². The van der Waals surface area contributed by atoms with Crippen LogP contribution in [0.25, 0.3) is 0 Å². The molecule has 0 saturated carbocycles. The summed E-state index contributed by atoms with van der Waals surface area (Å²) in [6, 6.07) is 12.7. The summed E-state index contributed by atoms with van der Waals surface area (Å²) in [6.45, 7) is 0.331. The maximum atomic E-state index is 10.6. The van der Waals surface area contributed by atoms with Gasteiger partial charge in [-0.2, -0.15) is 0 Å². The number of rotatable bonds is 4. The van der Waals surface area contributed by atoms with Gasteiger partial charge in [0.2, 0.25) is 0 Å². The summed E-state index contributed by atoms with van der Waals surface area (Å²) in [5, 5.41) is 11.9. The molecule has 2 rings (SSSR count). The van der Waals surface area contributed by atoms with E-state index in [0.29, 0.717) is 16.6 Å². The molecule has 0 aliphatic rings. The summed E-state index contributed by atoms with van der Waals surface area (Å²) in [5.41, 5.74) is 7.54. The molecule has 106 valence electrons. The fourth-order valence-electron chi connectivity index (χ4n) is 2.12. The topological polar surface area (TPSA) is 46.2 Å². The molecule has 20 heavy (non-hydrogen) atoms. The molecular formula is C15H14BrCl2NO. The van der Waals surface area contributed by atoms with Gasteiger partial charge in [-0.15, -0.1) is 0 Å². The molecule has 0 aliphatic heterocycles. The molecule has 0 heterocycles. The normalized spacial score (nSPS) is 14.1. The molecule has 2 aromatic rings. The summed E-state index contributed by atoms with van der Waals surface area (Å²) in [5.74, 6) is -0.204. The van der Waals surface area contributed by atoms with Gasteiger partial charge >= 0.3 is 0 Å². The summed E-state index contributed by atoms with van der Waals surface area (Å²) in [6.07, 6.45) is -0.715. The van der Waals surface area contributed by atoms with Crippen molar-refractivity contribution in [2.24, 2.45) is 5.73 Å². The number of aliphatic hydroxyl groups is 1. The van der Waals surface area contributed by atoms with Gasteiger partial charge in [0.15, 0.2) is 0 Å². The Labute approximate surface area is 136 Å². The van der Waals surface area contributed by atoms with Gasteiger partial charge in [-0.3, -0.25) is 0 Å². The predicted octanol–water partition coefficient (Wildman–Crippen LogP) is 4.53. The van der Waals surface area contributed by atoms with Crippen LogP contribution in [0.2, 0.25) is 10.0 Å². The zero-order valence-electron chi connectivity index (χ0n) is 10.6. The average molecular weight is 375 g/mol. The number of aliphatic hydroxyl groups excluding tert-OH is 1. The molecule has 3 N–H and O–H groups in total. The van der Waals surface area contributed by atoms with Crippen molar-refractivity contribution in [3.8, 4) is 0 Å². The second-order valence-electron chi connectivity index (χ2n) is 4.50. The number of nitrogens with two attached hydrogens (primary N) is 1. The molecule has 2 atom stereocenters. The van der Waals surface area contributed by atoms with Crippen LogP contribution >= 0.6 is 39.1 Å². The van der Waals surface area contributed by atoms with E-state index in [-0.39, 0.29) is 5.92 Å². The maximum absolute atomic E-state index is 10.6. The number of hydrogen-bond acceptors (Lipinski definition) is 2. The Morgan fingerprint density at radius 1 is 1.05 bits per heavy atom. The largest absolute Gasteiger partial charge is 0.388 e. The van der Waals surface area contributed by atoms with Gasteiger partial charge in [-0.05, 0) is 35.4 Å². The van der Waals surface area contributed by atoms with Crippen molar-refractivity contribution in [1.82, 2.24) is 0 Å². The van der Waals surface area contributed by atoms with Crippen LogP contribution in [0.5, 0.6) is 0 Å². The Kier molecular flexibility index (Phi) is 5.47. The molecule has 2 nitrogen and oxygen atoms in total. The average Bonchev–Trinajstić information content (AvgIpc) is 2.41. The highest BCUT2D eigenvalue weighted by Gasteiger charge is 2.23. The summed E-state index contributed by atoms with van der Waals surface area (Å²) < 4.78 is 0.768. The van der Waals surface area contributed by atoms with E-state index in [1.54, 1.807) is 30.3 Å². The van der Waals surface area contributed by atoms with Gasteiger partial charge < -0.3 is 10.8 Å². The second kappa shape index (κ2) is 6.92. The lowest BCUT2D eigenvalue weighted by atomic mass is 9.89. The second-order valence-corrected chi connectivity index (χ2v) is 6.23. The van der Waals surface area contributed by atoms with E-state index in [0.717, 1.165) is 15.6 Å². The minimum atomic E-state index is -0.715. The van der Waals surface area contributed by atoms with E-state index in [4.69, 9.17) is 28.9 Å². The Bertz CT molecular complexity index is 589. The van der Waals surface area contributed by atoms with Gasteiger partial charge in [0.25, 0.3) is 0 Å². The standard InChI is InChI=1S/C15H14BrCl2NO/c16-14-7-11(18)5-6-12(14)15(20)13(8-19)9-1-3-10(17)4-2-9/h1-7,13,15,20H,8,19H2. The van der Waals surface area contributed by atoms with Crippen LogP contribution in [0.3, 0.4) is 0 Å². The highest BCUT2D eigenvalue weighted by Crippen LogP contribution is 2.35. The molecule has 0 aliphatic carbocycles. The van der Waals surface area contributed by atoms with E-state index in [1.807, 2.05) is 12.1 Å². The third kappa shape index (κ3) is 3.54. The minimum Gasteiger partial charge on any atom is -0.388 e. The fourth-order valence-corrected chi connectivity index (χ4v) is 3.16. The zero-order valence-corrected chi connectivity index (χ0v) is 13.7. The maximum Gasteiger partial charge on any atom is 0.0881 e. The van der Waals surface area contributed by atoms with Gasteiger partial charge in [-0.1, -0.05) is 57.3 Å². The molecule has 2 unspecified atom stereocenters. The Morgan fingerprint density at radius 3 is 2.20 bits per heavy atom. The van der Waals surface area contributed by atoms with Gasteiger partial charge in [0, 0.05) is 27.0 Å². The highest BCUT2D eigenvalue weighted by molar-refractivity contribution is 9.10. The van der Waals surface area contributed by atoms with Crippen molar-refractivity contribution in [2.75, 3.05) is 6.54 Å². The molecule has 0 aromatic heterocycles. The Balaban J connectivity index is 2.33.